The van der Waals surface area contributed by atoms with Crippen LogP contribution in [0.4, 0.5) is 10.5 Å². The molecular weight excluding hydrogens is 360 g/mol. The van der Waals surface area contributed by atoms with Crippen LogP contribution in [0.5, 0.6) is 0 Å². The van der Waals surface area contributed by atoms with Crippen LogP contribution < -0.4 is 21.7 Å². The number of rotatable bonds is 7. The Bertz CT molecular complexity index is 680. The summed E-state index contributed by atoms with van der Waals surface area (Å²) in [4.78, 5) is 35.8. The minimum Gasteiger partial charge on any atom is -0.444 e. The van der Waals surface area contributed by atoms with Gasteiger partial charge in [-0.15, -0.1) is 0 Å². The zero-order chi connectivity index (χ0) is 21.5. The Morgan fingerprint density at radius 1 is 1.04 bits per heavy atom. The first-order valence-corrected chi connectivity index (χ1v) is 9.31. The minimum atomic E-state index is -0.717. The van der Waals surface area contributed by atoms with Gasteiger partial charge in [0.2, 0.25) is 11.8 Å². The molecule has 0 aliphatic carbocycles. The number of benzene rings is 1. The van der Waals surface area contributed by atoms with Crippen LogP contribution in [0.15, 0.2) is 24.3 Å². The molecule has 2 atom stereocenters. The Morgan fingerprint density at radius 3 is 2.11 bits per heavy atom. The lowest BCUT2D eigenvalue weighted by molar-refractivity contribution is -0.127. The number of anilines is 1. The van der Waals surface area contributed by atoms with E-state index in [4.69, 9.17) is 10.5 Å². The standard InChI is InChI=1S/C20H32N4O4/c1-12(2)16(21)18(26)23-13(3)17(25)24-15-9-7-14(8-10-15)11-22-19(27)28-20(4,5)6/h7-10,12-13,16H,11,21H2,1-6H3,(H,22,27)(H,23,26)(H,24,25)/t13-,16?/m0/s1. The Morgan fingerprint density at radius 2 is 1.61 bits per heavy atom. The average Bonchev–Trinajstić information content (AvgIpc) is 2.58. The van der Waals surface area contributed by atoms with Gasteiger partial charge in [0, 0.05) is 12.2 Å². The number of ether oxygens (including phenoxy) is 1. The molecule has 0 fully saturated rings. The fourth-order valence-corrected chi connectivity index (χ4v) is 2.12. The van der Waals surface area contributed by atoms with Gasteiger partial charge < -0.3 is 26.4 Å². The molecule has 28 heavy (non-hydrogen) atoms. The highest BCUT2D eigenvalue weighted by Gasteiger charge is 2.22. The van der Waals surface area contributed by atoms with E-state index in [9.17, 15) is 14.4 Å². The van der Waals surface area contributed by atoms with Crippen molar-refractivity contribution in [2.45, 2.75) is 65.8 Å². The Hall–Kier alpha value is -2.61. The molecule has 0 aliphatic rings. The molecule has 1 unspecified atom stereocenters. The molecule has 0 aromatic heterocycles. The summed E-state index contributed by atoms with van der Waals surface area (Å²) in [7, 11) is 0. The normalized spacial score (nSPS) is 13.4. The molecule has 8 nitrogen and oxygen atoms in total. The maximum absolute atomic E-state index is 12.2. The predicted octanol–water partition coefficient (Wildman–Crippen LogP) is 2.14. The second kappa shape index (κ2) is 10.1. The molecule has 1 rings (SSSR count). The van der Waals surface area contributed by atoms with Crippen molar-refractivity contribution in [3.63, 3.8) is 0 Å². The van der Waals surface area contributed by atoms with Gasteiger partial charge in [0.1, 0.15) is 11.6 Å². The molecule has 0 spiro atoms. The van der Waals surface area contributed by atoms with Crippen molar-refractivity contribution in [1.29, 1.82) is 0 Å². The van der Waals surface area contributed by atoms with Crippen molar-refractivity contribution in [2.75, 3.05) is 5.32 Å². The number of amides is 3. The van der Waals surface area contributed by atoms with Crippen LogP contribution in [0.3, 0.4) is 0 Å². The molecule has 3 amide bonds. The summed E-state index contributed by atoms with van der Waals surface area (Å²) in [5, 5.41) is 8.01. The van der Waals surface area contributed by atoms with E-state index in [-0.39, 0.29) is 17.7 Å². The Labute approximate surface area is 166 Å². The third-order valence-corrected chi connectivity index (χ3v) is 3.83. The smallest absolute Gasteiger partial charge is 0.407 e. The van der Waals surface area contributed by atoms with Gasteiger partial charge in [-0.05, 0) is 51.3 Å². The van der Waals surface area contributed by atoms with Crippen LogP contribution in [0, 0.1) is 5.92 Å². The summed E-state index contributed by atoms with van der Waals surface area (Å²) >= 11 is 0. The summed E-state index contributed by atoms with van der Waals surface area (Å²) in [6.45, 7) is 11.0. The van der Waals surface area contributed by atoms with Crippen LogP contribution in [0.2, 0.25) is 0 Å². The Kier molecular flexibility index (Phi) is 8.43. The van der Waals surface area contributed by atoms with E-state index in [0.29, 0.717) is 12.2 Å². The number of nitrogens with two attached hydrogens (primary N) is 1. The lowest BCUT2D eigenvalue weighted by atomic mass is 10.0. The molecule has 0 bridgehead atoms. The largest absolute Gasteiger partial charge is 0.444 e. The highest BCUT2D eigenvalue weighted by atomic mass is 16.6. The molecule has 5 N–H and O–H groups in total. The van der Waals surface area contributed by atoms with Gasteiger partial charge in [-0.3, -0.25) is 9.59 Å². The fraction of sp³-hybridized carbons (Fsp3) is 0.550. The lowest BCUT2D eigenvalue weighted by Gasteiger charge is -2.20. The Balaban J connectivity index is 2.52. The van der Waals surface area contributed by atoms with E-state index in [2.05, 4.69) is 16.0 Å². The van der Waals surface area contributed by atoms with E-state index in [0.717, 1.165) is 5.56 Å². The van der Waals surface area contributed by atoms with E-state index in [1.807, 2.05) is 13.8 Å². The number of carbonyl (C=O) groups is 3. The van der Waals surface area contributed by atoms with Crippen molar-refractivity contribution < 1.29 is 19.1 Å². The SMILES string of the molecule is CC(C)C(N)C(=O)N[C@@H](C)C(=O)Nc1ccc(CNC(=O)OC(C)(C)C)cc1. The molecule has 1 aromatic carbocycles. The number of hydrogen-bond acceptors (Lipinski definition) is 5. The maximum atomic E-state index is 12.2. The highest BCUT2D eigenvalue weighted by Crippen LogP contribution is 2.11. The summed E-state index contributed by atoms with van der Waals surface area (Å²) in [6, 6.07) is 5.63. The molecule has 0 radical (unpaired) electrons. The van der Waals surface area contributed by atoms with Gasteiger partial charge in [0.25, 0.3) is 0 Å². The summed E-state index contributed by atoms with van der Waals surface area (Å²) in [5.41, 5.74) is 6.66. The van der Waals surface area contributed by atoms with Crippen molar-refractivity contribution in [2.24, 2.45) is 11.7 Å². The molecule has 0 saturated carbocycles. The van der Waals surface area contributed by atoms with Crippen LogP contribution in [0.1, 0.15) is 47.1 Å². The van der Waals surface area contributed by atoms with E-state index >= 15 is 0 Å². The second-order valence-corrected chi connectivity index (χ2v) is 8.04. The van der Waals surface area contributed by atoms with E-state index in [1.165, 1.54) is 0 Å². The summed E-state index contributed by atoms with van der Waals surface area (Å²) in [6.07, 6.45) is -0.492. The second-order valence-electron chi connectivity index (χ2n) is 8.04. The third kappa shape index (κ3) is 8.39. The molecule has 156 valence electrons. The highest BCUT2D eigenvalue weighted by molar-refractivity contribution is 5.97. The molecule has 0 saturated heterocycles. The zero-order valence-corrected chi connectivity index (χ0v) is 17.5. The molecule has 0 aliphatic heterocycles. The summed E-state index contributed by atoms with van der Waals surface area (Å²) < 4.78 is 5.17. The average molecular weight is 393 g/mol. The van der Waals surface area contributed by atoms with Gasteiger partial charge in [-0.2, -0.15) is 0 Å². The quantitative estimate of drug-likeness (QED) is 0.566. The van der Waals surface area contributed by atoms with Crippen LogP contribution in [0.25, 0.3) is 0 Å². The predicted molar refractivity (Wildman–Crippen MR) is 109 cm³/mol. The van der Waals surface area contributed by atoms with Crippen LogP contribution in [-0.2, 0) is 20.9 Å². The minimum absolute atomic E-state index is 0.0166. The zero-order valence-electron chi connectivity index (χ0n) is 17.5. The molecule has 1 aromatic rings. The van der Waals surface area contributed by atoms with Gasteiger partial charge in [0.05, 0.1) is 6.04 Å². The van der Waals surface area contributed by atoms with Crippen molar-refractivity contribution >= 4 is 23.6 Å². The van der Waals surface area contributed by atoms with Crippen molar-refractivity contribution in [3.8, 4) is 0 Å². The number of nitrogens with one attached hydrogen (secondary N) is 3. The van der Waals surface area contributed by atoms with Crippen LogP contribution >= 0.6 is 0 Å². The van der Waals surface area contributed by atoms with Gasteiger partial charge in [0.15, 0.2) is 0 Å². The first kappa shape index (κ1) is 23.4. The molecular formula is C20H32N4O4. The number of carbonyl (C=O) groups excluding carboxylic acids is 3. The van der Waals surface area contributed by atoms with E-state index in [1.54, 1.807) is 52.0 Å². The monoisotopic (exact) mass is 392 g/mol. The first-order valence-electron chi connectivity index (χ1n) is 9.31. The third-order valence-electron chi connectivity index (χ3n) is 3.83. The molecule has 0 heterocycles. The molecule has 8 heteroatoms. The van der Waals surface area contributed by atoms with Gasteiger partial charge in [-0.25, -0.2) is 4.79 Å². The number of hydrogen-bond donors (Lipinski definition) is 4. The van der Waals surface area contributed by atoms with Gasteiger partial charge in [-0.1, -0.05) is 26.0 Å². The van der Waals surface area contributed by atoms with Crippen molar-refractivity contribution in [1.82, 2.24) is 10.6 Å². The number of alkyl carbamates (subject to hydrolysis) is 1. The maximum Gasteiger partial charge on any atom is 0.407 e. The first-order chi connectivity index (χ1) is 12.9. The van der Waals surface area contributed by atoms with E-state index < -0.39 is 23.8 Å². The van der Waals surface area contributed by atoms with Crippen LogP contribution in [-0.4, -0.2) is 35.6 Å². The summed E-state index contributed by atoms with van der Waals surface area (Å²) in [5.74, 6) is -0.720. The topological polar surface area (TPSA) is 123 Å². The van der Waals surface area contributed by atoms with Crippen molar-refractivity contribution in [3.05, 3.63) is 29.8 Å². The fourth-order valence-electron chi connectivity index (χ4n) is 2.12. The lowest BCUT2D eigenvalue weighted by Crippen LogP contribution is -2.50. The van der Waals surface area contributed by atoms with Gasteiger partial charge >= 0.3 is 6.09 Å².